The van der Waals surface area contributed by atoms with Crippen molar-refractivity contribution in [1.29, 1.82) is 0 Å². The Morgan fingerprint density at radius 3 is 2.56 bits per heavy atom. The third-order valence-corrected chi connectivity index (χ3v) is 4.32. The van der Waals surface area contributed by atoms with Crippen LogP contribution in [-0.2, 0) is 10.4 Å². The second kappa shape index (κ2) is 6.42. The van der Waals surface area contributed by atoms with Crippen molar-refractivity contribution in [3.05, 3.63) is 59.7 Å². The van der Waals surface area contributed by atoms with Crippen LogP contribution in [0.1, 0.15) is 22.3 Å². The molecule has 1 unspecified atom stereocenters. The number of rotatable bonds is 5. The molecule has 5 heteroatoms. The summed E-state index contributed by atoms with van der Waals surface area (Å²) in [4.78, 5) is 26.7. The first-order valence-corrected chi connectivity index (χ1v) is 7.76. The zero-order chi connectivity index (χ0) is 18.0. The highest BCUT2D eigenvalue weighted by atomic mass is 16.5. The van der Waals surface area contributed by atoms with Gasteiger partial charge < -0.3 is 9.84 Å². The van der Waals surface area contributed by atoms with Crippen LogP contribution in [-0.4, -0.2) is 30.5 Å². The van der Waals surface area contributed by atoms with Crippen LogP contribution in [0.15, 0.2) is 48.5 Å². The van der Waals surface area contributed by atoms with Crippen molar-refractivity contribution in [2.45, 2.75) is 12.0 Å². The van der Waals surface area contributed by atoms with Gasteiger partial charge in [-0.15, -0.1) is 6.42 Å². The monoisotopic (exact) mass is 335 g/mol. The number of carbonyl (C=O) groups is 2. The largest absolute Gasteiger partial charge is 0.497 e. The van der Waals surface area contributed by atoms with Crippen LogP contribution < -0.4 is 9.64 Å². The van der Waals surface area contributed by atoms with Gasteiger partial charge in [-0.2, -0.15) is 0 Å². The van der Waals surface area contributed by atoms with Gasteiger partial charge >= 0.3 is 0 Å². The van der Waals surface area contributed by atoms with E-state index in [1.54, 1.807) is 48.5 Å². The van der Waals surface area contributed by atoms with Crippen molar-refractivity contribution < 1.29 is 19.4 Å². The van der Waals surface area contributed by atoms with E-state index in [4.69, 9.17) is 11.2 Å². The number of carbonyl (C=O) groups excluding carboxylic acids is 2. The lowest BCUT2D eigenvalue weighted by molar-refractivity contribution is -0.135. The van der Waals surface area contributed by atoms with E-state index in [2.05, 4.69) is 5.92 Å². The molecule has 0 saturated heterocycles. The Morgan fingerprint density at radius 1 is 1.24 bits per heavy atom. The average molecular weight is 335 g/mol. The van der Waals surface area contributed by atoms with Crippen LogP contribution in [0, 0.1) is 12.3 Å². The Balaban J connectivity index is 1.94. The Labute approximate surface area is 145 Å². The molecule has 0 fully saturated rings. The first-order chi connectivity index (χ1) is 12.0. The van der Waals surface area contributed by atoms with E-state index in [9.17, 15) is 14.7 Å². The molecule has 126 valence electrons. The van der Waals surface area contributed by atoms with Crippen molar-refractivity contribution in [3.63, 3.8) is 0 Å². The third kappa shape index (κ3) is 2.77. The summed E-state index contributed by atoms with van der Waals surface area (Å²) in [6.07, 6.45) is 4.98. The Morgan fingerprint density at radius 2 is 1.92 bits per heavy atom. The number of anilines is 1. The second-order valence-electron chi connectivity index (χ2n) is 5.80. The molecule has 0 aromatic heterocycles. The fourth-order valence-electron chi connectivity index (χ4n) is 3.04. The minimum Gasteiger partial charge on any atom is -0.497 e. The molecule has 0 bridgehead atoms. The summed E-state index contributed by atoms with van der Waals surface area (Å²) in [5.74, 6) is 2.12. The zero-order valence-electron chi connectivity index (χ0n) is 13.7. The lowest BCUT2D eigenvalue weighted by Crippen LogP contribution is -2.42. The summed E-state index contributed by atoms with van der Waals surface area (Å²) < 4.78 is 5.07. The minimum atomic E-state index is -1.91. The predicted octanol–water partition coefficient (Wildman–Crippen LogP) is 2.14. The molecular weight excluding hydrogens is 318 g/mol. The molecule has 0 radical (unpaired) electrons. The minimum absolute atomic E-state index is 0.0366. The third-order valence-electron chi connectivity index (χ3n) is 4.32. The van der Waals surface area contributed by atoms with E-state index < -0.39 is 11.5 Å². The molecule has 1 atom stereocenters. The first kappa shape index (κ1) is 16.7. The average Bonchev–Trinajstić information content (AvgIpc) is 2.84. The van der Waals surface area contributed by atoms with Crippen molar-refractivity contribution in [3.8, 4) is 18.1 Å². The van der Waals surface area contributed by atoms with Crippen molar-refractivity contribution in [1.82, 2.24) is 0 Å². The van der Waals surface area contributed by atoms with Crippen LogP contribution in [0.4, 0.5) is 5.69 Å². The normalized spacial score (nSPS) is 18.6. The maximum absolute atomic E-state index is 12.7. The molecule has 5 nitrogen and oxygen atoms in total. The fraction of sp³-hybridized carbons (Fsp3) is 0.200. The van der Waals surface area contributed by atoms with Gasteiger partial charge in [-0.25, -0.2) is 0 Å². The number of fused-ring (bicyclic) bond motifs is 1. The molecule has 0 aliphatic carbocycles. The van der Waals surface area contributed by atoms with E-state index in [1.165, 1.54) is 12.0 Å². The lowest BCUT2D eigenvalue weighted by atomic mass is 9.88. The fourth-order valence-corrected chi connectivity index (χ4v) is 3.04. The van der Waals surface area contributed by atoms with Gasteiger partial charge in [0.1, 0.15) is 5.75 Å². The molecule has 3 rings (SSSR count). The molecule has 1 N–H and O–H groups in total. The first-order valence-electron chi connectivity index (χ1n) is 7.76. The number of Topliss-reactive ketones (excluding diaryl/α,β-unsaturated/α-hetero) is 1. The second-order valence-corrected chi connectivity index (χ2v) is 5.80. The number of hydrogen-bond donors (Lipinski definition) is 1. The standard InChI is InChI=1S/C20H17NO4/c1-3-12-21-17-7-5-4-6-16(17)20(24,19(21)23)13-18(22)14-8-10-15(25-2)11-9-14/h1,4-11,24H,12-13H2,2H3. The van der Waals surface area contributed by atoms with Gasteiger partial charge in [0, 0.05) is 11.1 Å². The molecule has 2 aromatic rings. The quantitative estimate of drug-likeness (QED) is 0.671. The number of para-hydroxylation sites is 1. The number of aliphatic hydroxyl groups is 1. The molecule has 25 heavy (non-hydrogen) atoms. The van der Waals surface area contributed by atoms with Crippen LogP contribution in [0.5, 0.6) is 5.75 Å². The number of nitrogens with zero attached hydrogens (tertiary/aromatic N) is 1. The number of amides is 1. The van der Waals surface area contributed by atoms with Gasteiger partial charge in [0.25, 0.3) is 5.91 Å². The van der Waals surface area contributed by atoms with E-state index >= 15 is 0 Å². The van der Waals surface area contributed by atoms with Crippen molar-refractivity contribution in [2.24, 2.45) is 0 Å². The lowest BCUT2D eigenvalue weighted by Gasteiger charge is -2.21. The number of benzene rings is 2. The summed E-state index contributed by atoms with van der Waals surface area (Å²) in [7, 11) is 1.54. The topological polar surface area (TPSA) is 66.8 Å². The van der Waals surface area contributed by atoms with E-state index in [-0.39, 0.29) is 18.7 Å². The van der Waals surface area contributed by atoms with Crippen molar-refractivity contribution >= 4 is 17.4 Å². The molecule has 1 amide bonds. The van der Waals surface area contributed by atoms with E-state index in [1.807, 2.05) is 0 Å². The highest BCUT2D eigenvalue weighted by molar-refractivity contribution is 6.11. The highest BCUT2D eigenvalue weighted by Gasteiger charge is 2.50. The molecule has 0 saturated carbocycles. The Hall–Kier alpha value is -3.10. The summed E-state index contributed by atoms with van der Waals surface area (Å²) in [5, 5.41) is 11.0. The smallest absolute Gasteiger partial charge is 0.265 e. The zero-order valence-corrected chi connectivity index (χ0v) is 13.7. The summed E-state index contributed by atoms with van der Waals surface area (Å²) in [6.45, 7) is 0.0366. The van der Waals surface area contributed by atoms with Crippen LogP contribution in [0.25, 0.3) is 0 Å². The van der Waals surface area contributed by atoms with Gasteiger partial charge in [0.05, 0.1) is 25.8 Å². The van der Waals surface area contributed by atoms with Gasteiger partial charge in [-0.05, 0) is 30.3 Å². The van der Waals surface area contributed by atoms with E-state index in [0.29, 0.717) is 22.6 Å². The molecule has 0 spiro atoms. The molecule has 1 aliphatic heterocycles. The van der Waals surface area contributed by atoms with Gasteiger partial charge in [-0.3, -0.25) is 14.5 Å². The van der Waals surface area contributed by atoms with E-state index in [0.717, 1.165) is 0 Å². The maximum Gasteiger partial charge on any atom is 0.265 e. The summed E-state index contributed by atoms with van der Waals surface area (Å²) in [5.41, 5.74) is -0.577. The Bertz CT molecular complexity index is 866. The number of ether oxygens (including phenoxy) is 1. The van der Waals surface area contributed by atoms with Crippen LogP contribution >= 0.6 is 0 Å². The molecule has 1 heterocycles. The van der Waals surface area contributed by atoms with Gasteiger partial charge in [-0.1, -0.05) is 24.1 Å². The predicted molar refractivity (Wildman–Crippen MR) is 93.5 cm³/mol. The molecular formula is C20H17NO4. The van der Waals surface area contributed by atoms with Gasteiger partial charge in [0.15, 0.2) is 11.4 Å². The van der Waals surface area contributed by atoms with Crippen LogP contribution in [0.3, 0.4) is 0 Å². The number of hydrogen-bond acceptors (Lipinski definition) is 4. The molecule has 1 aliphatic rings. The maximum atomic E-state index is 12.7. The van der Waals surface area contributed by atoms with Crippen molar-refractivity contribution in [2.75, 3.05) is 18.6 Å². The SMILES string of the molecule is C#CCN1C(=O)C(O)(CC(=O)c2ccc(OC)cc2)c2ccccc21. The highest BCUT2D eigenvalue weighted by Crippen LogP contribution is 2.42. The Kier molecular flexibility index (Phi) is 4.30. The number of ketones is 1. The van der Waals surface area contributed by atoms with Gasteiger partial charge in [0.2, 0.25) is 0 Å². The van der Waals surface area contributed by atoms with Crippen LogP contribution in [0.2, 0.25) is 0 Å². The molecule has 2 aromatic carbocycles. The summed E-state index contributed by atoms with van der Waals surface area (Å²) in [6, 6.07) is 13.4. The number of methoxy groups -OCH3 is 1. The summed E-state index contributed by atoms with van der Waals surface area (Å²) >= 11 is 0. The number of terminal acetylenes is 1.